The normalized spacial score (nSPS) is 23.4. The van der Waals surface area contributed by atoms with Crippen molar-refractivity contribution in [3.63, 3.8) is 0 Å². The van der Waals surface area contributed by atoms with Crippen LogP contribution in [0.25, 0.3) is 0 Å². The fourth-order valence-corrected chi connectivity index (χ4v) is 4.00. The molecule has 0 aromatic carbocycles. The topological polar surface area (TPSA) is 55.8 Å². The number of halogens is 2. The lowest BCUT2D eigenvalue weighted by atomic mass is 10.1. The summed E-state index contributed by atoms with van der Waals surface area (Å²) in [5.74, 6) is 2.49. The zero-order chi connectivity index (χ0) is 18.4. The molecule has 2 fully saturated rings. The van der Waals surface area contributed by atoms with Gasteiger partial charge in [-0.25, -0.2) is 4.98 Å². The fourth-order valence-electron chi connectivity index (χ4n) is 3.76. The molecule has 3 heterocycles. The molecule has 0 bridgehead atoms. The van der Waals surface area contributed by atoms with Crippen LogP contribution < -0.4 is 15.5 Å². The third-order valence-corrected chi connectivity index (χ3v) is 5.53. The van der Waals surface area contributed by atoms with E-state index in [9.17, 15) is 0 Å². The summed E-state index contributed by atoms with van der Waals surface area (Å²) >= 11 is 6.29. The van der Waals surface area contributed by atoms with E-state index in [1.165, 1.54) is 19.5 Å². The first-order valence-corrected chi connectivity index (χ1v) is 10.2. The highest BCUT2D eigenvalue weighted by Gasteiger charge is 2.26. The summed E-state index contributed by atoms with van der Waals surface area (Å²) in [5, 5.41) is 7.71. The van der Waals surface area contributed by atoms with Crippen molar-refractivity contribution in [2.45, 2.75) is 32.7 Å². The molecular formula is C19H32ClIN6. The van der Waals surface area contributed by atoms with Gasteiger partial charge in [0, 0.05) is 45.0 Å². The zero-order valence-electron chi connectivity index (χ0n) is 16.3. The molecule has 2 N–H and O–H groups in total. The summed E-state index contributed by atoms with van der Waals surface area (Å²) < 4.78 is 0. The Morgan fingerprint density at radius 2 is 2.15 bits per heavy atom. The van der Waals surface area contributed by atoms with Crippen LogP contribution in [0.3, 0.4) is 0 Å². The van der Waals surface area contributed by atoms with Crippen molar-refractivity contribution >= 4 is 47.4 Å². The fraction of sp³-hybridized carbons (Fsp3) is 0.684. The number of pyridine rings is 1. The van der Waals surface area contributed by atoms with Crippen LogP contribution in [-0.4, -0.2) is 67.7 Å². The van der Waals surface area contributed by atoms with Gasteiger partial charge in [0.25, 0.3) is 0 Å². The Hall–Kier alpha value is -0.800. The van der Waals surface area contributed by atoms with Crippen LogP contribution in [0.2, 0.25) is 5.02 Å². The quantitative estimate of drug-likeness (QED) is 0.353. The van der Waals surface area contributed by atoms with Gasteiger partial charge in [-0.05, 0) is 50.9 Å². The number of guanidine groups is 1. The number of rotatable bonds is 6. The maximum Gasteiger partial charge on any atom is 0.191 e. The average molecular weight is 507 g/mol. The molecule has 152 valence electrons. The van der Waals surface area contributed by atoms with Gasteiger partial charge in [0.15, 0.2) is 5.96 Å². The van der Waals surface area contributed by atoms with Gasteiger partial charge in [0.1, 0.15) is 5.82 Å². The molecule has 0 spiro atoms. The van der Waals surface area contributed by atoms with Crippen LogP contribution in [0.15, 0.2) is 23.3 Å². The SMILES string of the molecule is CCNC(=NCC1CCN(CC)C1)NC1CCN(c2ncccc2Cl)C1.I. The van der Waals surface area contributed by atoms with Gasteiger partial charge in [-0.3, -0.25) is 4.99 Å². The number of anilines is 1. The van der Waals surface area contributed by atoms with Crippen molar-refractivity contribution in [2.24, 2.45) is 10.9 Å². The predicted octanol–water partition coefficient (Wildman–Crippen LogP) is 2.83. The Morgan fingerprint density at radius 1 is 1.30 bits per heavy atom. The van der Waals surface area contributed by atoms with Crippen molar-refractivity contribution in [1.82, 2.24) is 20.5 Å². The molecule has 2 aliphatic rings. The van der Waals surface area contributed by atoms with E-state index >= 15 is 0 Å². The van der Waals surface area contributed by atoms with Crippen LogP contribution >= 0.6 is 35.6 Å². The Morgan fingerprint density at radius 3 is 2.85 bits per heavy atom. The maximum atomic E-state index is 6.29. The second-order valence-corrected chi connectivity index (χ2v) is 7.56. The predicted molar refractivity (Wildman–Crippen MR) is 125 cm³/mol. The lowest BCUT2D eigenvalue weighted by Crippen LogP contribution is -2.45. The van der Waals surface area contributed by atoms with E-state index in [-0.39, 0.29) is 24.0 Å². The van der Waals surface area contributed by atoms with Crippen LogP contribution in [0.1, 0.15) is 26.7 Å². The smallest absolute Gasteiger partial charge is 0.191 e. The molecule has 2 aliphatic heterocycles. The van der Waals surface area contributed by atoms with Gasteiger partial charge >= 0.3 is 0 Å². The number of aromatic nitrogens is 1. The average Bonchev–Trinajstić information content (AvgIpc) is 3.29. The highest BCUT2D eigenvalue weighted by molar-refractivity contribution is 14.0. The molecule has 6 nitrogen and oxygen atoms in total. The minimum Gasteiger partial charge on any atom is -0.357 e. The molecule has 0 amide bonds. The first-order chi connectivity index (χ1) is 12.7. The van der Waals surface area contributed by atoms with Crippen LogP contribution in [0, 0.1) is 5.92 Å². The van der Waals surface area contributed by atoms with E-state index in [0.29, 0.717) is 12.0 Å². The first-order valence-electron chi connectivity index (χ1n) is 9.82. The lowest BCUT2D eigenvalue weighted by molar-refractivity contribution is 0.343. The minimum atomic E-state index is 0. The molecule has 1 aromatic heterocycles. The van der Waals surface area contributed by atoms with Crippen LogP contribution in [0.5, 0.6) is 0 Å². The van der Waals surface area contributed by atoms with Gasteiger partial charge < -0.3 is 20.4 Å². The molecule has 2 atom stereocenters. The number of likely N-dealkylation sites (tertiary alicyclic amines) is 1. The van der Waals surface area contributed by atoms with Gasteiger partial charge in [0.05, 0.1) is 5.02 Å². The van der Waals surface area contributed by atoms with E-state index < -0.39 is 0 Å². The summed E-state index contributed by atoms with van der Waals surface area (Å²) in [5.41, 5.74) is 0. The largest absolute Gasteiger partial charge is 0.357 e. The molecule has 3 rings (SSSR count). The number of nitrogens with zero attached hydrogens (tertiary/aromatic N) is 4. The first kappa shape index (κ1) is 22.5. The van der Waals surface area contributed by atoms with E-state index in [1.807, 2.05) is 12.1 Å². The van der Waals surface area contributed by atoms with E-state index in [4.69, 9.17) is 16.6 Å². The van der Waals surface area contributed by atoms with Crippen molar-refractivity contribution in [3.8, 4) is 0 Å². The van der Waals surface area contributed by atoms with Crippen molar-refractivity contribution in [2.75, 3.05) is 50.7 Å². The highest BCUT2D eigenvalue weighted by Crippen LogP contribution is 2.25. The Bertz CT molecular complexity index is 614. The number of hydrogen-bond donors (Lipinski definition) is 2. The summed E-state index contributed by atoms with van der Waals surface area (Å²) in [6.07, 6.45) is 4.12. The molecule has 8 heteroatoms. The molecule has 0 radical (unpaired) electrons. The molecule has 2 unspecified atom stereocenters. The standard InChI is InChI=1S/C19H31ClN6.HI/c1-3-21-19(23-12-15-7-10-25(4-2)13-15)24-16-8-11-26(14-16)18-17(20)6-5-9-22-18;/h5-6,9,15-16H,3-4,7-8,10-14H2,1-2H3,(H2,21,23,24);1H. The summed E-state index contributed by atoms with van der Waals surface area (Å²) in [6.45, 7) is 11.5. The van der Waals surface area contributed by atoms with E-state index in [2.05, 4.69) is 39.3 Å². The zero-order valence-corrected chi connectivity index (χ0v) is 19.4. The van der Waals surface area contributed by atoms with Gasteiger partial charge in [-0.2, -0.15) is 0 Å². The second kappa shape index (κ2) is 11.3. The molecule has 27 heavy (non-hydrogen) atoms. The Labute approximate surface area is 185 Å². The number of hydrogen-bond acceptors (Lipinski definition) is 4. The molecule has 0 saturated carbocycles. The summed E-state index contributed by atoms with van der Waals surface area (Å²) in [6, 6.07) is 4.13. The van der Waals surface area contributed by atoms with Gasteiger partial charge in [-0.1, -0.05) is 18.5 Å². The van der Waals surface area contributed by atoms with Crippen molar-refractivity contribution in [1.29, 1.82) is 0 Å². The monoisotopic (exact) mass is 506 g/mol. The Kier molecular flexibility index (Phi) is 9.38. The third kappa shape index (κ3) is 6.35. The Balaban J connectivity index is 0.00000261. The van der Waals surface area contributed by atoms with Crippen LogP contribution in [-0.2, 0) is 0 Å². The highest BCUT2D eigenvalue weighted by atomic mass is 127. The molecular weight excluding hydrogens is 475 g/mol. The number of aliphatic imine (C=N–C) groups is 1. The van der Waals surface area contributed by atoms with Gasteiger partial charge in [0.2, 0.25) is 0 Å². The maximum absolute atomic E-state index is 6.29. The van der Waals surface area contributed by atoms with Crippen LogP contribution in [0.4, 0.5) is 5.82 Å². The van der Waals surface area contributed by atoms with E-state index in [1.54, 1.807) is 6.20 Å². The molecule has 2 saturated heterocycles. The minimum absolute atomic E-state index is 0. The van der Waals surface area contributed by atoms with Crippen molar-refractivity contribution in [3.05, 3.63) is 23.4 Å². The third-order valence-electron chi connectivity index (χ3n) is 5.24. The lowest BCUT2D eigenvalue weighted by Gasteiger charge is -2.20. The van der Waals surface area contributed by atoms with Gasteiger partial charge in [-0.15, -0.1) is 24.0 Å². The molecule has 1 aromatic rings. The summed E-state index contributed by atoms with van der Waals surface area (Å²) in [7, 11) is 0. The second-order valence-electron chi connectivity index (χ2n) is 7.15. The van der Waals surface area contributed by atoms with E-state index in [0.717, 1.165) is 55.9 Å². The summed E-state index contributed by atoms with van der Waals surface area (Å²) in [4.78, 5) is 14.0. The molecule has 0 aliphatic carbocycles. The van der Waals surface area contributed by atoms with Crippen molar-refractivity contribution < 1.29 is 0 Å². The number of nitrogens with one attached hydrogen (secondary N) is 2.